The molecule has 0 unspecified atom stereocenters. The molecule has 0 fully saturated rings. The molecule has 0 aliphatic rings. The van der Waals surface area contributed by atoms with Crippen LogP contribution in [0.2, 0.25) is 0 Å². The van der Waals surface area contributed by atoms with Crippen LogP contribution in [0.15, 0.2) is 29.9 Å². The van der Waals surface area contributed by atoms with Crippen molar-refractivity contribution in [2.45, 2.75) is 13.5 Å². The Morgan fingerprint density at radius 3 is 2.62 bits per heavy atom. The maximum atomic E-state index is 3.99. The lowest BCUT2D eigenvalue weighted by Gasteiger charge is -1.98. The molecule has 86 valence electrons. The highest BCUT2D eigenvalue weighted by Gasteiger charge is 2.09. The van der Waals surface area contributed by atoms with Gasteiger partial charge in [-0.15, -0.1) is 0 Å². The van der Waals surface area contributed by atoms with E-state index in [1.54, 1.807) is 11.3 Å². The van der Waals surface area contributed by atoms with Crippen molar-refractivity contribution in [3.63, 3.8) is 0 Å². The lowest BCUT2D eigenvalue weighted by Crippen LogP contribution is -3.00. The van der Waals surface area contributed by atoms with Crippen molar-refractivity contribution < 1.29 is 28.5 Å². The van der Waals surface area contributed by atoms with E-state index in [9.17, 15) is 0 Å². The van der Waals surface area contributed by atoms with E-state index in [4.69, 9.17) is 0 Å². The summed E-state index contributed by atoms with van der Waals surface area (Å²) in [6.45, 7) is 2.95. The Morgan fingerprint density at radius 1 is 1.38 bits per heavy atom. The number of aryl methyl sites for hydroxylation is 1. The number of nitrogens with one attached hydrogen (secondary N) is 1. The first-order valence-electron chi connectivity index (χ1n) is 4.84. The van der Waals surface area contributed by atoms with Gasteiger partial charge < -0.3 is 24.0 Å². The number of pyridine rings is 1. The number of rotatable bonds is 3. The monoisotopic (exact) mass is 347 g/mol. The first-order chi connectivity index (χ1) is 7.27. The third kappa shape index (κ3) is 3.15. The third-order valence-electron chi connectivity index (χ3n) is 2.37. The quantitative estimate of drug-likeness (QED) is 0.564. The van der Waals surface area contributed by atoms with Crippen LogP contribution >= 0.6 is 11.3 Å². The van der Waals surface area contributed by atoms with E-state index in [1.807, 2.05) is 24.5 Å². The van der Waals surface area contributed by atoms with Gasteiger partial charge in [0.25, 0.3) is 0 Å². The lowest BCUT2D eigenvalue weighted by atomic mass is 10.3. The average molecular weight is 347 g/mol. The van der Waals surface area contributed by atoms with Crippen LogP contribution in [0, 0.1) is 6.92 Å². The Bertz CT molecular complexity index is 442. The molecule has 5 heteroatoms. The second-order valence-corrected chi connectivity index (χ2v) is 4.31. The van der Waals surface area contributed by atoms with E-state index >= 15 is 0 Å². The number of thiazole rings is 1. The second-order valence-electron chi connectivity index (χ2n) is 3.45. The fourth-order valence-electron chi connectivity index (χ4n) is 1.30. The molecule has 0 amide bonds. The van der Waals surface area contributed by atoms with Crippen molar-refractivity contribution in [2.75, 3.05) is 5.32 Å². The standard InChI is InChI=1S/C11H13N3S.HI/c1-9-8-15-11(14(9)2)13-7-10-3-5-12-6-4-10;/h3-6,8H,7H2,1-2H3;1H. The summed E-state index contributed by atoms with van der Waals surface area (Å²) in [4.78, 5) is 3.99. The van der Waals surface area contributed by atoms with Gasteiger partial charge >= 0.3 is 5.13 Å². The van der Waals surface area contributed by atoms with Crippen LogP contribution in [-0.4, -0.2) is 4.98 Å². The summed E-state index contributed by atoms with van der Waals surface area (Å²) in [6.07, 6.45) is 3.63. The first kappa shape index (κ1) is 13.4. The molecule has 0 saturated heterocycles. The molecule has 1 N–H and O–H groups in total. The van der Waals surface area contributed by atoms with E-state index in [-0.39, 0.29) is 24.0 Å². The lowest BCUT2D eigenvalue weighted by molar-refractivity contribution is -0.659. The Balaban J connectivity index is 0.00000128. The number of anilines is 1. The minimum Gasteiger partial charge on any atom is -1.00 e. The summed E-state index contributed by atoms with van der Waals surface area (Å²) in [5.74, 6) is 0. The Kier molecular flexibility index (Phi) is 5.14. The molecule has 16 heavy (non-hydrogen) atoms. The molecule has 0 radical (unpaired) electrons. The molecular weight excluding hydrogens is 333 g/mol. The predicted molar refractivity (Wildman–Crippen MR) is 61.8 cm³/mol. The molecular formula is C11H14IN3S. The summed E-state index contributed by atoms with van der Waals surface area (Å²) in [5, 5.41) is 6.74. The molecule has 0 aromatic carbocycles. The maximum Gasteiger partial charge on any atom is 0.334 e. The van der Waals surface area contributed by atoms with E-state index in [0.717, 1.165) is 6.54 Å². The number of aromatic nitrogens is 2. The SMILES string of the molecule is Cc1csc(NCc2ccncc2)[n+]1C.[I-]. The van der Waals surface area contributed by atoms with E-state index in [1.165, 1.54) is 16.4 Å². The maximum absolute atomic E-state index is 3.99. The van der Waals surface area contributed by atoms with Crippen LogP contribution in [-0.2, 0) is 13.6 Å². The Morgan fingerprint density at radius 2 is 2.06 bits per heavy atom. The van der Waals surface area contributed by atoms with Gasteiger partial charge in [-0.3, -0.25) is 10.3 Å². The van der Waals surface area contributed by atoms with Gasteiger partial charge in [0.05, 0.1) is 7.05 Å². The van der Waals surface area contributed by atoms with Gasteiger partial charge in [-0.1, -0.05) is 11.3 Å². The van der Waals surface area contributed by atoms with Gasteiger partial charge in [0.2, 0.25) is 0 Å². The zero-order chi connectivity index (χ0) is 10.7. The molecule has 0 spiro atoms. The fraction of sp³-hybridized carbons (Fsp3) is 0.273. The molecule has 0 bridgehead atoms. The van der Waals surface area contributed by atoms with Crippen molar-refractivity contribution in [3.05, 3.63) is 41.2 Å². The van der Waals surface area contributed by atoms with Gasteiger partial charge in [-0.25, -0.2) is 4.57 Å². The highest BCUT2D eigenvalue weighted by Crippen LogP contribution is 2.12. The molecule has 0 saturated carbocycles. The summed E-state index contributed by atoms with van der Waals surface area (Å²) in [6, 6.07) is 4.04. The van der Waals surface area contributed by atoms with Gasteiger partial charge in [0.15, 0.2) is 0 Å². The van der Waals surface area contributed by atoms with Crippen molar-refractivity contribution in [1.82, 2.24) is 4.98 Å². The van der Waals surface area contributed by atoms with E-state index < -0.39 is 0 Å². The van der Waals surface area contributed by atoms with Gasteiger partial charge in [0, 0.05) is 17.8 Å². The second kappa shape index (κ2) is 6.15. The largest absolute Gasteiger partial charge is 1.00 e. The van der Waals surface area contributed by atoms with E-state index in [0.29, 0.717) is 0 Å². The van der Waals surface area contributed by atoms with Crippen LogP contribution in [0.1, 0.15) is 11.3 Å². The minimum atomic E-state index is 0. The molecule has 2 aromatic heterocycles. The predicted octanol–water partition coefficient (Wildman–Crippen LogP) is -1.11. The highest BCUT2D eigenvalue weighted by atomic mass is 127. The minimum absolute atomic E-state index is 0. The summed E-state index contributed by atoms with van der Waals surface area (Å²) < 4.78 is 2.16. The normalized spacial score (nSPS) is 9.62. The van der Waals surface area contributed by atoms with Gasteiger partial charge in [0.1, 0.15) is 12.2 Å². The molecule has 0 aliphatic heterocycles. The zero-order valence-corrected chi connectivity index (χ0v) is 12.2. The fourth-order valence-corrected chi connectivity index (χ4v) is 2.20. The smallest absolute Gasteiger partial charge is 0.334 e. The van der Waals surface area contributed by atoms with Crippen molar-refractivity contribution >= 4 is 16.5 Å². The van der Waals surface area contributed by atoms with Crippen LogP contribution < -0.4 is 33.9 Å². The summed E-state index contributed by atoms with van der Waals surface area (Å²) >= 11 is 1.73. The molecule has 2 rings (SSSR count). The van der Waals surface area contributed by atoms with Crippen molar-refractivity contribution in [2.24, 2.45) is 7.05 Å². The van der Waals surface area contributed by atoms with Gasteiger partial charge in [-0.05, 0) is 24.6 Å². The average Bonchev–Trinajstić information content (AvgIpc) is 2.59. The van der Waals surface area contributed by atoms with Crippen LogP contribution in [0.25, 0.3) is 0 Å². The number of nitrogens with zero attached hydrogens (tertiary/aromatic N) is 2. The summed E-state index contributed by atoms with van der Waals surface area (Å²) in [7, 11) is 2.07. The van der Waals surface area contributed by atoms with Crippen molar-refractivity contribution in [1.29, 1.82) is 0 Å². The number of hydrogen-bond acceptors (Lipinski definition) is 3. The molecule has 0 atom stereocenters. The highest BCUT2D eigenvalue weighted by molar-refractivity contribution is 7.13. The van der Waals surface area contributed by atoms with Crippen molar-refractivity contribution in [3.8, 4) is 0 Å². The molecule has 2 heterocycles. The number of halogens is 1. The Labute approximate surface area is 117 Å². The summed E-state index contributed by atoms with van der Waals surface area (Å²) in [5.41, 5.74) is 2.52. The van der Waals surface area contributed by atoms with Crippen LogP contribution in [0.3, 0.4) is 0 Å². The van der Waals surface area contributed by atoms with Crippen LogP contribution in [0.4, 0.5) is 5.13 Å². The Hall–Kier alpha value is -0.690. The molecule has 2 aromatic rings. The molecule has 0 aliphatic carbocycles. The first-order valence-corrected chi connectivity index (χ1v) is 5.72. The molecule has 3 nitrogen and oxygen atoms in total. The third-order valence-corrected chi connectivity index (χ3v) is 3.47. The van der Waals surface area contributed by atoms with Crippen LogP contribution in [0.5, 0.6) is 0 Å². The van der Waals surface area contributed by atoms with Gasteiger partial charge in [-0.2, -0.15) is 0 Å². The van der Waals surface area contributed by atoms with E-state index in [2.05, 4.69) is 34.2 Å². The topological polar surface area (TPSA) is 28.8 Å². The zero-order valence-electron chi connectivity index (χ0n) is 9.27. The number of hydrogen-bond donors (Lipinski definition) is 1.